The zero-order valence-electron chi connectivity index (χ0n) is 11.9. The van der Waals surface area contributed by atoms with E-state index in [9.17, 15) is 9.90 Å². The van der Waals surface area contributed by atoms with Crippen LogP contribution in [0.3, 0.4) is 0 Å². The maximum Gasteiger partial charge on any atom is 0.0722 e. The number of carboxylic acid groups (broad SMARTS) is 1. The molecule has 0 spiro atoms. The van der Waals surface area contributed by atoms with E-state index in [2.05, 4.69) is 4.98 Å². The lowest BCUT2D eigenvalue weighted by Gasteiger charge is -2.11. The van der Waals surface area contributed by atoms with Crippen LogP contribution in [0, 0.1) is 13.8 Å². The lowest BCUT2D eigenvalue weighted by Crippen LogP contribution is -2.22. The first-order chi connectivity index (χ1) is 10.1. The number of carboxylic acids is 1. The molecular formula is C18H14NO2-. The summed E-state index contributed by atoms with van der Waals surface area (Å²) < 4.78 is 0. The van der Waals surface area contributed by atoms with Gasteiger partial charge in [0.2, 0.25) is 0 Å². The summed E-state index contributed by atoms with van der Waals surface area (Å²) in [5.41, 5.74) is 4.74. The minimum absolute atomic E-state index is 0.175. The molecule has 2 aromatic carbocycles. The molecule has 104 valence electrons. The fourth-order valence-electron chi connectivity index (χ4n) is 2.39. The average molecular weight is 276 g/mol. The van der Waals surface area contributed by atoms with Crippen LogP contribution in [-0.4, -0.2) is 11.0 Å². The van der Waals surface area contributed by atoms with Gasteiger partial charge in [0.15, 0.2) is 0 Å². The molecule has 0 amide bonds. The molecule has 0 aliphatic rings. The predicted molar refractivity (Wildman–Crippen MR) is 81.0 cm³/mol. The van der Waals surface area contributed by atoms with Crippen LogP contribution < -0.4 is 5.11 Å². The van der Waals surface area contributed by atoms with Crippen LogP contribution >= 0.6 is 0 Å². The van der Waals surface area contributed by atoms with Gasteiger partial charge in [0.1, 0.15) is 0 Å². The van der Waals surface area contributed by atoms with Crippen molar-refractivity contribution in [2.24, 2.45) is 0 Å². The van der Waals surface area contributed by atoms with Crippen LogP contribution in [0.4, 0.5) is 0 Å². The largest absolute Gasteiger partial charge is 0.545 e. The number of aromatic carboxylic acids is 1. The Labute approximate surface area is 122 Å². The van der Waals surface area contributed by atoms with Crippen molar-refractivity contribution in [1.82, 2.24) is 4.98 Å². The van der Waals surface area contributed by atoms with E-state index in [1.54, 1.807) is 18.2 Å². The number of aromatic nitrogens is 1. The monoisotopic (exact) mass is 276 g/mol. The highest BCUT2D eigenvalue weighted by Crippen LogP contribution is 2.25. The molecule has 0 aliphatic heterocycles. The molecule has 3 nitrogen and oxygen atoms in total. The predicted octanol–water partition coefficient (Wildman–Crippen LogP) is 2.88. The Bertz CT molecular complexity index is 853. The number of nitrogens with zero attached hydrogens (tertiary/aromatic N) is 1. The van der Waals surface area contributed by atoms with Crippen molar-refractivity contribution in [1.29, 1.82) is 0 Å². The second kappa shape index (κ2) is 5.02. The second-order valence-corrected chi connectivity index (χ2v) is 5.16. The molecule has 0 atom stereocenters. The van der Waals surface area contributed by atoms with Crippen LogP contribution in [-0.2, 0) is 0 Å². The van der Waals surface area contributed by atoms with Gasteiger partial charge in [0.25, 0.3) is 0 Å². The van der Waals surface area contributed by atoms with Crippen molar-refractivity contribution in [3.63, 3.8) is 0 Å². The number of para-hydroxylation sites is 1. The molecule has 3 rings (SSSR count). The van der Waals surface area contributed by atoms with Crippen LogP contribution in [0.5, 0.6) is 0 Å². The first kappa shape index (κ1) is 13.3. The zero-order valence-corrected chi connectivity index (χ0v) is 11.9. The maximum absolute atomic E-state index is 11.4. The van der Waals surface area contributed by atoms with Crippen molar-refractivity contribution in [2.45, 2.75) is 13.8 Å². The molecule has 3 heteroatoms. The van der Waals surface area contributed by atoms with E-state index in [-0.39, 0.29) is 5.56 Å². The van der Waals surface area contributed by atoms with Crippen molar-refractivity contribution in [3.8, 4) is 11.3 Å². The van der Waals surface area contributed by atoms with Gasteiger partial charge in [-0.15, -0.1) is 0 Å². The number of carbonyl (C=O) groups excluding carboxylic acids is 1. The number of hydrogen-bond acceptors (Lipinski definition) is 3. The van der Waals surface area contributed by atoms with Gasteiger partial charge in [0.05, 0.1) is 17.2 Å². The third kappa shape index (κ3) is 2.38. The van der Waals surface area contributed by atoms with Gasteiger partial charge < -0.3 is 9.90 Å². The summed E-state index contributed by atoms with van der Waals surface area (Å²) in [6.07, 6.45) is 0. The van der Waals surface area contributed by atoms with E-state index in [0.29, 0.717) is 16.6 Å². The number of pyridine rings is 1. The molecule has 0 unspecified atom stereocenters. The zero-order chi connectivity index (χ0) is 15.0. The fraction of sp³-hybridized carbons (Fsp3) is 0.111. The molecule has 0 radical (unpaired) electrons. The molecule has 3 aromatic rings. The van der Waals surface area contributed by atoms with Crippen molar-refractivity contribution in [3.05, 3.63) is 65.2 Å². The van der Waals surface area contributed by atoms with Crippen LogP contribution in [0.15, 0.2) is 48.5 Å². The highest BCUT2D eigenvalue weighted by molar-refractivity contribution is 6.02. The molecular weight excluding hydrogens is 262 g/mol. The minimum Gasteiger partial charge on any atom is -0.545 e. The number of aryl methyl sites for hydroxylation is 2. The Kier molecular flexibility index (Phi) is 3.18. The molecule has 0 bridgehead atoms. The number of carbonyl (C=O) groups is 1. The van der Waals surface area contributed by atoms with Crippen LogP contribution in [0.25, 0.3) is 22.2 Å². The maximum atomic E-state index is 11.4. The molecule has 0 N–H and O–H groups in total. The third-order valence-corrected chi connectivity index (χ3v) is 3.74. The highest BCUT2D eigenvalue weighted by Gasteiger charge is 2.08. The molecule has 0 saturated carbocycles. The lowest BCUT2D eigenvalue weighted by molar-refractivity contribution is -0.254. The van der Waals surface area contributed by atoms with Crippen molar-refractivity contribution < 1.29 is 9.90 Å². The molecule has 21 heavy (non-hydrogen) atoms. The van der Waals surface area contributed by atoms with E-state index in [0.717, 1.165) is 11.1 Å². The first-order valence-electron chi connectivity index (χ1n) is 6.75. The highest BCUT2D eigenvalue weighted by atomic mass is 16.4. The van der Waals surface area contributed by atoms with Gasteiger partial charge in [-0.2, -0.15) is 0 Å². The van der Waals surface area contributed by atoms with E-state index in [4.69, 9.17) is 0 Å². The Hall–Kier alpha value is -2.68. The number of fused-ring (bicyclic) bond motifs is 1. The van der Waals surface area contributed by atoms with E-state index in [1.807, 2.05) is 44.2 Å². The van der Waals surface area contributed by atoms with E-state index < -0.39 is 5.97 Å². The molecule has 0 saturated heterocycles. The summed E-state index contributed by atoms with van der Waals surface area (Å²) in [4.78, 5) is 15.9. The fourth-order valence-corrected chi connectivity index (χ4v) is 2.39. The number of rotatable bonds is 2. The van der Waals surface area contributed by atoms with Crippen LogP contribution in [0.2, 0.25) is 0 Å². The lowest BCUT2D eigenvalue weighted by atomic mass is 10.0. The Morgan fingerprint density at radius 1 is 1.00 bits per heavy atom. The van der Waals surface area contributed by atoms with E-state index in [1.165, 1.54) is 5.56 Å². The Morgan fingerprint density at radius 2 is 1.76 bits per heavy atom. The van der Waals surface area contributed by atoms with Crippen molar-refractivity contribution >= 4 is 16.9 Å². The smallest absolute Gasteiger partial charge is 0.0722 e. The Balaban J connectivity index is 2.28. The Morgan fingerprint density at radius 3 is 2.48 bits per heavy atom. The minimum atomic E-state index is -1.18. The molecule has 0 fully saturated rings. The van der Waals surface area contributed by atoms with Crippen LogP contribution in [0.1, 0.15) is 21.5 Å². The van der Waals surface area contributed by atoms with Crippen molar-refractivity contribution in [2.75, 3.05) is 0 Å². The topological polar surface area (TPSA) is 53.0 Å². The molecule has 1 aromatic heterocycles. The standard InChI is InChI=1S/C18H15NO2/c1-11-7-8-13(9-12(11)2)17-10-15(18(20)21)14-5-3-4-6-16(14)19-17/h3-10H,1-2H3,(H,20,21)/p-1. The van der Waals surface area contributed by atoms with E-state index >= 15 is 0 Å². The van der Waals surface area contributed by atoms with Gasteiger partial charge in [-0.3, -0.25) is 0 Å². The summed E-state index contributed by atoms with van der Waals surface area (Å²) in [5, 5.41) is 12.0. The van der Waals surface area contributed by atoms with Gasteiger partial charge in [0, 0.05) is 16.5 Å². The third-order valence-electron chi connectivity index (χ3n) is 3.74. The van der Waals surface area contributed by atoms with Gasteiger partial charge in [-0.1, -0.05) is 30.3 Å². The summed E-state index contributed by atoms with van der Waals surface area (Å²) in [5.74, 6) is -1.18. The van der Waals surface area contributed by atoms with Gasteiger partial charge in [-0.25, -0.2) is 4.98 Å². The summed E-state index contributed by atoms with van der Waals surface area (Å²) >= 11 is 0. The average Bonchev–Trinajstić information content (AvgIpc) is 2.48. The first-order valence-corrected chi connectivity index (χ1v) is 6.75. The summed E-state index contributed by atoms with van der Waals surface area (Å²) in [7, 11) is 0. The molecule has 0 aliphatic carbocycles. The summed E-state index contributed by atoms with van der Waals surface area (Å²) in [6.45, 7) is 4.07. The number of hydrogen-bond donors (Lipinski definition) is 0. The quantitative estimate of drug-likeness (QED) is 0.723. The van der Waals surface area contributed by atoms with Gasteiger partial charge >= 0.3 is 0 Å². The summed E-state index contributed by atoms with van der Waals surface area (Å²) in [6, 6.07) is 14.8. The SMILES string of the molecule is Cc1ccc(-c2cc(C(=O)[O-])c3ccccc3n2)cc1C. The van der Waals surface area contributed by atoms with Gasteiger partial charge in [-0.05, 0) is 43.2 Å². The normalized spacial score (nSPS) is 10.8. The molecule has 1 heterocycles. The number of benzene rings is 2. The second-order valence-electron chi connectivity index (χ2n) is 5.16.